The average Bonchev–Trinajstić information content (AvgIpc) is 2.83. The quantitative estimate of drug-likeness (QED) is 0.688. The molecule has 4 N–H and O–H groups in total. The van der Waals surface area contributed by atoms with Crippen molar-refractivity contribution in [3.8, 4) is 0 Å². The maximum Gasteiger partial charge on any atom is 0.240 e. The van der Waals surface area contributed by atoms with Crippen LogP contribution < -0.4 is 11.1 Å². The first-order valence-corrected chi connectivity index (χ1v) is 5.95. The summed E-state index contributed by atoms with van der Waals surface area (Å²) in [6, 6.07) is -0.274. The zero-order chi connectivity index (χ0) is 12.3. The third kappa shape index (κ3) is 2.60. The highest BCUT2D eigenvalue weighted by Gasteiger charge is 2.36. The Morgan fingerprint density at radius 3 is 2.76 bits per heavy atom. The standard InChI is InChI=1S/C10H18N6O/c1-7(8-13-15-16-14-8)12-9(17)10(11)5-3-2-4-6-10/h7H,2-6,11H2,1H3,(H,12,17)(H,13,14,15,16). The number of tetrazole rings is 1. The van der Waals surface area contributed by atoms with E-state index < -0.39 is 5.54 Å². The van der Waals surface area contributed by atoms with Crippen LogP contribution in [0.15, 0.2) is 0 Å². The van der Waals surface area contributed by atoms with Gasteiger partial charge in [-0.3, -0.25) is 4.79 Å². The van der Waals surface area contributed by atoms with E-state index in [1.807, 2.05) is 6.92 Å². The lowest BCUT2D eigenvalue weighted by Gasteiger charge is -2.32. The zero-order valence-electron chi connectivity index (χ0n) is 9.94. The number of nitrogens with one attached hydrogen (secondary N) is 2. The molecular formula is C10H18N6O. The maximum atomic E-state index is 12.1. The second kappa shape index (κ2) is 4.79. The Bertz CT molecular complexity index is 370. The summed E-state index contributed by atoms with van der Waals surface area (Å²) in [5, 5.41) is 16.3. The number of hydrogen-bond donors (Lipinski definition) is 3. The minimum atomic E-state index is -0.726. The van der Waals surface area contributed by atoms with Crippen LogP contribution in [0.5, 0.6) is 0 Å². The van der Waals surface area contributed by atoms with Crippen molar-refractivity contribution in [3.63, 3.8) is 0 Å². The number of aromatic amines is 1. The van der Waals surface area contributed by atoms with Crippen molar-refractivity contribution < 1.29 is 4.79 Å². The molecule has 1 aromatic heterocycles. The van der Waals surface area contributed by atoms with Crippen molar-refractivity contribution in [2.75, 3.05) is 0 Å². The lowest BCUT2D eigenvalue weighted by molar-refractivity contribution is -0.128. The monoisotopic (exact) mass is 238 g/mol. The topological polar surface area (TPSA) is 110 Å². The van der Waals surface area contributed by atoms with Gasteiger partial charge >= 0.3 is 0 Å². The molecule has 94 valence electrons. The molecule has 2 rings (SSSR count). The molecule has 0 radical (unpaired) electrons. The molecule has 0 aliphatic heterocycles. The smallest absolute Gasteiger partial charge is 0.240 e. The maximum absolute atomic E-state index is 12.1. The van der Waals surface area contributed by atoms with E-state index in [-0.39, 0.29) is 11.9 Å². The molecule has 7 heteroatoms. The van der Waals surface area contributed by atoms with Gasteiger partial charge in [0.05, 0.1) is 11.6 Å². The molecule has 1 amide bonds. The van der Waals surface area contributed by atoms with E-state index in [0.717, 1.165) is 32.1 Å². The van der Waals surface area contributed by atoms with E-state index in [2.05, 4.69) is 25.9 Å². The summed E-state index contributed by atoms with van der Waals surface area (Å²) in [4.78, 5) is 12.1. The third-order valence-corrected chi connectivity index (χ3v) is 3.29. The Hall–Kier alpha value is -1.50. The molecule has 0 bridgehead atoms. The molecule has 0 spiro atoms. The van der Waals surface area contributed by atoms with Crippen LogP contribution in [0.4, 0.5) is 0 Å². The predicted molar refractivity (Wildman–Crippen MR) is 60.7 cm³/mol. The van der Waals surface area contributed by atoms with E-state index in [1.54, 1.807) is 0 Å². The van der Waals surface area contributed by atoms with Gasteiger partial charge in [0.2, 0.25) is 5.91 Å². The molecular weight excluding hydrogens is 220 g/mol. The first kappa shape index (κ1) is 12.0. The highest BCUT2D eigenvalue weighted by Crippen LogP contribution is 2.26. The summed E-state index contributed by atoms with van der Waals surface area (Å²) in [6.45, 7) is 1.81. The molecule has 1 heterocycles. The van der Waals surface area contributed by atoms with E-state index in [0.29, 0.717) is 5.82 Å². The van der Waals surface area contributed by atoms with Crippen LogP contribution in [0.1, 0.15) is 50.9 Å². The number of carbonyl (C=O) groups is 1. The first-order valence-electron chi connectivity index (χ1n) is 5.95. The van der Waals surface area contributed by atoms with Crippen molar-refractivity contribution in [3.05, 3.63) is 5.82 Å². The Morgan fingerprint density at radius 1 is 1.47 bits per heavy atom. The third-order valence-electron chi connectivity index (χ3n) is 3.29. The summed E-state index contributed by atoms with van der Waals surface area (Å²) in [7, 11) is 0. The molecule has 0 aromatic carbocycles. The molecule has 1 aliphatic rings. The number of amides is 1. The molecule has 17 heavy (non-hydrogen) atoms. The van der Waals surface area contributed by atoms with Crippen LogP contribution in [0.25, 0.3) is 0 Å². The van der Waals surface area contributed by atoms with Crippen LogP contribution >= 0.6 is 0 Å². The summed E-state index contributed by atoms with van der Waals surface area (Å²) in [5.74, 6) is 0.354. The number of hydrogen-bond acceptors (Lipinski definition) is 5. The van der Waals surface area contributed by atoms with Gasteiger partial charge in [0, 0.05) is 0 Å². The van der Waals surface area contributed by atoms with Gasteiger partial charge in [0.15, 0.2) is 5.82 Å². The fourth-order valence-corrected chi connectivity index (χ4v) is 2.17. The lowest BCUT2D eigenvalue weighted by Crippen LogP contribution is -2.55. The van der Waals surface area contributed by atoms with Gasteiger partial charge in [-0.15, -0.1) is 10.2 Å². The largest absolute Gasteiger partial charge is 0.345 e. The molecule has 1 aromatic rings. The SMILES string of the molecule is CC(NC(=O)C1(N)CCCCC1)c1nn[nH]n1. The molecule has 1 fully saturated rings. The van der Waals surface area contributed by atoms with Crippen molar-refractivity contribution in [1.29, 1.82) is 0 Å². The van der Waals surface area contributed by atoms with Gasteiger partial charge in [-0.05, 0) is 19.8 Å². The Morgan fingerprint density at radius 2 is 2.18 bits per heavy atom. The van der Waals surface area contributed by atoms with E-state index in [4.69, 9.17) is 5.73 Å². The van der Waals surface area contributed by atoms with E-state index >= 15 is 0 Å². The van der Waals surface area contributed by atoms with Crippen LogP contribution in [0, 0.1) is 0 Å². The van der Waals surface area contributed by atoms with Gasteiger partial charge in [0.25, 0.3) is 0 Å². The number of aromatic nitrogens is 4. The normalized spacial score (nSPS) is 20.8. The van der Waals surface area contributed by atoms with Crippen molar-refractivity contribution in [2.24, 2.45) is 5.73 Å². The Labute approximate surface area is 99.5 Å². The summed E-state index contributed by atoms with van der Waals surface area (Å²) in [6.07, 6.45) is 4.68. The number of H-pyrrole nitrogens is 1. The molecule has 7 nitrogen and oxygen atoms in total. The zero-order valence-corrected chi connectivity index (χ0v) is 9.94. The highest BCUT2D eigenvalue weighted by molar-refractivity contribution is 5.86. The number of carbonyl (C=O) groups excluding carboxylic acids is 1. The van der Waals surface area contributed by atoms with Gasteiger partial charge in [-0.1, -0.05) is 24.5 Å². The molecule has 1 aliphatic carbocycles. The predicted octanol–water partition coefficient (Wildman–Crippen LogP) is 0.0385. The van der Waals surface area contributed by atoms with Crippen LogP contribution in [-0.2, 0) is 4.79 Å². The van der Waals surface area contributed by atoms with Crippen molar-refractivity contribution in [1.82, 2.24) is 25.9 Å². The second-order valence-electron chi connectivity index (χ2n) is 4.68. The average molecular weight is 238 g/mol. The molecule has 1 unspecified atom stereocenters. The van der Waals surface area contributed by atoms with Crippen molar-refractivity contribution >= 4 is 5.91 Å². The minimum absolute atomic E-state index is 0.116. The summed E-state index contributed by atoms with van der Waals surface area (Å²) >= 11 is 0. The van der Waals surface area contributed by atoms with Gasteiger partial charge in [0.1, 0.15) is 0 Å². The highest BCUT2D eigenvalue weighted by atomic mass is 16.2. The van der Waals surface area contributed by atoms with Gasteiger partial charge in [-0.2, -0.15) is 5.21 Å². The van der Waals surface area contributed by atoms with Gasteiger partial charge in [-0.25, -0.2) is 0 Å². The van der Waals surface area contributed by atoms with Gasteiger partial charge < -0.3 is 11.1 Å². The summed E-state index contributed by atoms with van der Waals surface area (Å²) in [5.41, 5.74) is 5.40. The van der Waals surface area contributed by atoms with Crippen LogP contribution in [0.3, 0.4) is 0 Å². The minimum Gasteiger partial charge on any atom is -0.345 e. The molecule has 1 atom stereocenters. The number of rotatable bonds is 3. The van der Waals surface area contributed by atoms with Crippen LogP contribution in [-0.4, -0.2) is 32.1 Å². The molecule has 1 saturated carbocycles. The summed E-state index contributed by atoms with van der Waals surface area (Å²) < 4.78 is 0. The number of nitrogens with zero attached hydrogens (tertiary/aromatic N) is 3. The van der Waals surface area contributed by atoms with E-state index in [9.17, 15) is 4.79 Å². The van der Waals surface area contributed by atoms with Crippen molar-refractivity contribution in [2.45, 2.75) is 50.6 Å². The second-order valence-corrected chi connectivity index (χ2v) is 4.68. The lowest BCUT2D eigenvalue weighted by atomic mass is 9.82. The first-order chi connectivity index (χ1) is 8.12. The fourth-order valence-electron chi connectivity index (χ4n) is 2.17. The Kier molecular flexibility index (Phi) is 3.37. The molecule has 0 saturated heterocycles. The van der Waals surface area contributed by atoms with E-state index in [1.165, 1.54) is 0 Å². The van der Waals surface area contributed by atoms with Crippen LogP contribution in [0.2, 0.25) is 0 Å². The fraction of sp³-hybridized carbons (Fsp3) is 0.800. The number of nitrogens with two attached hydrogens (primary N) is 1. The Balaban J connectivity index is 1.96.